The van der Waals surface area contributed by atoms with E-state index in [1.807, 2.05) is 29.2 Å². The first kappa shape index (κ1) is 16.8. The average molecular weight is 364 g/mol. The van der Waals surface area contributed by atoms with Crippen LogP contribution < -0.4 is 5.73 Å². The molecule has 0 saturated carbocycles. The minimum atomic E-state index is -0.258. The highest BCUT2D eigenvalue weighted by molar-refractivity contribution is 7.17. The number of nitrogens with zero attached hydrogens (tertiary/aromatic N) is 1. The second-order valence-corrected chi connectivity index (χ2v) is 7.78. The van der Waals surface area contributed by atoms with Crippen LogP contribution in [0.4, 0.5) is 0 Å². The fourth-order valence-corrected chi connectivity index (χ4v) is 4.44. The van der Waals surface area contributed by atoms with Crippen molar-refractivity contribution in [2.75, 3.05) is 13.1 Å². The Kier molecular flexibility index (Phi) is 4.47. The lowest BCUT2D eigenvalue weighted by atomic mass is 9.96. The summed E-state index contributed by atoms with van der Waals surface area (Å²) < 4.78 is 0. The standard InChI is InChI=1S/C21H20N2O2S/c22-20(24)15-9-11-23(12-10-15)21(25)19-8-7-18(26-19)17-6-5-14-3-1-2-4-16(14)13-17/h1-8,13,15H,9-12H2,(H2,22,24). The summed E-state index contributed by atoms with van der Waals surface area (Å²) in [5.41, 5.74) is 6.49. The maximum absolute atomic E-state index is 12.8. The number of primary amides is 1. The molecule has 0 aliphatic carbocycles. The Bertz CT molecular complexity index is 971. The molecule has 2 amide bonds. The van der Waals surface area contributed by atoms with Crippen LogP contribution in [0.15, 0.2) is 54.6 Å². The van der Waals surface area contributed by atoms with Crippen LogP contribution in [-0.4, -0.2) is 29.8 Å². The number of thiophene rings is 1. The number of hydrogen-bond donors (Lipinski definition) is 1. The van der Waals surface area contributed by atoms with Gasteiger partial charge in [0.25, 0.3) is 5.91 Å². The fraction of sp³-hybridized carbons (Fsp3) is 0.238. The molecule has 2 heterocycles. The molecule has 1 aliphatic rings. The Balaban J connectivity index is 1.52. The van der Waals surface area contributed by atoms with E-state index in [0.717, 1.165) is 15.3 Å². The van der Waals surface area contributed by atoms with Crippen molar-refractivity contribution >= 4 is 33.9 Å². The Morgan fingerprint density at radius 3 is 2.42 bits per heavy atom. The zero-order valence-corrected chi connectivity index (χ0v) is 15.2. The van der Waals surface area contributed by atoms with E-state index < -0.39 is 0 Å². The molecule has 1 aliphatic heterocycles. The third-order valence-electron chi connectivity index (χ3n) is 5.04. The van der Waals surface area contributed by atoms with Gasteiger partial charge in [0, 0.05) is 23.9 Å². The molecule has 0 unspecified atom stereocenters. The average Bonchev–Trinajstić information content (AvgIpc) is 3.17. The van der Waals surface area contributed by atoms with Crippen molar-refractivity contribution < 1.29 is 9.59 Å². The summed E-state index contributed by atoms with van der Waals surface area (Å²) in [4.78, 5) is 27.7. The van der Waals surface area contributed by atoms with Crippen LogP contribution in [0.2, 0.25) is 0 Å². The van der Waals surface area contributed by atoms with E-state index in [9.17, 15) is 9.59 Å². The molecule has 0 spiro atoms. The molecule has 2 N–H and O–H groups in total. The van der Waals surface area contributed by atoms with Gasteiger partial charge < -0.3 is 10.6 Å². The zero-order chi connectivity index (χ0) is 18.1. The maximum Gasteiger partial charge on any atom is 0.263 e. The second kappa shape index (κ2) is 6.92. The quantitative estimate of drug-likeness (QED) is 0.766. The van der Waals surface area contributed by atoms with Crippen molar-refractivity contribution in [2.45, 2.75) is 12.8 Å². The Morgan fingerprint density at radius 1 is 0.962 bits per heavy atom. The summed E-state index contributed by atoms with van der Waals surface area (Å²) in [6.45, 7) is 1.19. The second-order valence-electron chi connectivity index (χ2n) is 6.69. The van der Waals surface area contributed by atoms with Crippen molar-refractivity contribution in [3.8, 4) is 10.4 Å². The van der Waals surface area contributed by atoms with Crippen LogP contribution in [0, 0.1) is 5.92 Å². The van der Waals surface area contributed by atoms with Gasteiger partial charge in [0.1, 0.15) is 0 Å². The van der Waals surface area contributed by atoms with Gasteiger partial charge >= 0.3 is 0 Å². The first-order valence-electron chi connectivity index (χ1n) is 8.79. The van der Waals surface area contributed by atoms with Crippen LogP contribution in [-0.2, 0) is 4.79 Å². The Morgan fingerprint density at radius 2 is 1.69 bits per heavy atom. The topological polar surface area (TPSA) is 63.4 Å². The first-order chi connectivity index (χ1) is 12.6. The number of hydrogen-bond acceptors (Lipinski definition) is 3. The van der Waals surface area contributed by atoms with E-state index >= 15 is 0 Å². The van der Waals surface area contributed by atoms with Gasteiger partial charge in [0.15, 0.2) is 0 Å². The molecule has 0 radical (unpaired) electrons. The van der Waals surface area contributed by atoms with Gasteiger partial charge in [-0.15, -0.1) is 11.3 Å². The lowest BCUT2D eigenvalue weighted by molar-refractivity contribution is -0.123. The van der Waals surface area contributed by atoms with E-state index in [-0.39, 0.29) is 17.7 Å². The number of nitrogens with two attached hydrogens (primary N) is 1. The third kappa shape index (κ3) is 3.22. The fourth-order valence-electron chi connectivity index (χ4n) is 3.47. The molecule has 1 fully saturated rings. The van der Waals surface area contributed by atoms with Gasteiger partial charge in [-0.25, -0.2) is 0 Å². The molecule has 1 aromatic heterocycles. The summed E-state index contributed by atoms with van der Waals surface area (Å²) in [5.74, 6) is -0.313. The lowest BCUT2D eigenvalue weighted by Gasteiger charge is -2.30. The van der Waals surface area contributed by atoms with Crippen molar-refractivity contribution in [3.05, 3.63) is 59.5 Å². The Hall–Kier alpha value is -2.66. The van der Waals surface area contributed by atoms with E-state index in [1.54, 1.807) is 0 Å². The van der Waals surface area contributed by atoms with Crippen molar-refractivity contribution in [3.63, 3.8) is 0 Å². The van der Waals surface area contributed by atoms with Gasteiger partial charge in [0.2, 0.25) is 5.91 Å². The molecule has 26 heavy (non-hydrogen) atoms. The first-order valence-corrected chi connectivity index (χ1v) is 9.61. The molecule has 4 rings (SSSR count). The number of benzene rings is 2. The molecule has 2 aromatic carbocycles. The van der Waals surface area contributed by atoms with E-state index in [0.29, 0.717) is 25.9 Å². The summed E-state index contributed by atoms with van der Waals surface area (Å²) in [6, 6.07) is 18.5. The summed E-state index contributed by atoms with van der Waals surface area (Å²) >= 11 is 1.52. The lowest BCUT2D eigenvalue weighted by Crippen LogP contribution is -2.41. The number of carbonyl (C=O) groups is 2. The normalized spacial score (nSPS) is 15.3. The van der Waals surface area contributed by atoms with E-state index in [2.05, 4.69) is 30.3 Å². The molecular weight excluding hydrogens is 344 g/mol. The minimum absolute atomic E-state index is 0.0463. The van der Waals surface area contributed by atoms with Gasteiger partial charge in [-0.3, -0.25) is 9.59 Å². The SMILES string of the molecule is NC(=O)C1CCN(C(=O)c2ccc(-c3ccc4ccccc4c3)s2)CC1. The van der Waals surface area contributed by atoms with Gasteiger partial charge in [0.05, 0.1) is 4.88 Å². The molecule has 132 valence electrons. The highest BCUT2D eigenvalue weighted by Crippen LogP contribution is 2.31. The van der Waals surface area contributed by atoms with Gasteiger partial charge in [-0.1, -0.05) is 36.4 Å². The van der Waals surface area contributed by atoms with E-state index in [1.165, 1.54) is 22.1 Å². The predicted molar refractivity (Wildman–Crippen MR) is 105 cm³/mol. The highest BCUT2D eigenvalue weighted by Gasteiger charge is 2.27. The smallest absolute Gasteiger partial charge is 0.263 e. The zero-order valence-electron chi connectivity index (χ0n) is 14.4. The van der Waals surface area contributed by atoms with Crippen LogP contribution in [0.5, 0.6) is 0 Å². The predicted octanol–water partition coefficient (Wildman–Crippen LogP) is 3.91. The summed E-state index contributed by atoms with van der Waals surface area (Å²) in [7, 11) is 0. The largest absolute Gasteiger partial charge is 0.369 e. The number of fused-ring (bicyclic) bond motifs is 1. The minimum Gasteiger partial charge on any atom is -0.369 e. The molecule has 0 bridgehead atoms. The van der Waals surface area contributed by atoms with Crippen molar-refractivity contribution in [2.24, 2.45) is 11.7 Å². The summed E-state index contributed by atoms with van der Waals surface area (Å²) in [5, 5.41) is 2.40. The van der Waals surface area contributed by atoms with Crippen molar-refractivity contribution in [1.82, 2.24) is 4.90 Å². The maximum atomic E-state index is 12.8. The number of amides is 2. The molecule has 0 atom stereocenters. The summed E-state index contributed by atoms with van der Waals surface area (Å²) in [6.07, 6.45) is 1.31. The third-order valence-corrected chi connectivity index (χ3v) is 6.16. The van der Waals surface area contributed by atoms with Crippen LogP contribution >= 0.6 is 11.3 Å². The number of rotatable bonds is 3. The highest BCUT2D eigenvalue weighted by atomic mass is 32.1. The van der Waals surface area contributed by atoms with Crippen LogP contribution in [0.1, 0.15) is 22.5 Å². The molecule has 1 saturated heterocycles. The monoisotopic (exact) mass is 364 g/mol. The van der Waals surface area contributed by atoms with Gasteiger partial charge in [-0.2, -0.15) is 0 Å². The molecule has 3 aromatic rings. The van der Waals surface area contributed by atoms with Gasteiger partial charge in [-0.05, 0) is 47.4 Å². The Labute approximate surface area is 156 Å². The number of carbonyl (C=O) groups excluding carboxylic acids is 2. The van der Waals surface area contributed by atoms with Crippen molar-refractivity contribution in [1.29, 1.82) is 0 Å². The van der Waals surface area contributed by atoms with Crippen LogP contribution in [0.25, 0.3) is 21.2 Å². The van der Waals surface area contributed by atoms with Crippen LogP contribution in [0.3, 0.4) is 0 Å². The number of piperidine rings is 1. The number of likely N-dealkylation sites (tertiary alicyclic amines) is 1. The molecule has 5 heteroatoms. The molecule has 4 nitrogen and oxygen atoms in total. The van der Waals surface area contributed by atoms with E-state index in [4.69, 9.17) is 5.73 Å². The molecular formula is C21H20N2O2S.